The van der Waals surface area contributed by atoms with Crippen LogP contribution < -0.4 is 11.4 Å². The number of rotatable bonds is 5. The van der Waals surface area contributed by atoms with E-state index in [1.807, 2.05) is 0 Å². The number of unbranched alkanes of at least 4 members (excludes halogenated alkanes) is 2. The number of phenols is 2. The van der Waals surface area contributed by atoms with E-state index in [2.05, 4.69) is 5.73 Å². The quantitative estimate of drug-likeness (QED) is 0.492. The Balaban J connectivity index is 2.03. The van der Waals surface area contributed by atoms with Crippen molar-refractivity contribution in [3.63, 3.8) is 0 Å². The Bertz CT molecular complexity index is 877. The van der Waals surface area contributed by atoms with Crippen LogP contribution in [0.3, 0.4) is 0 Å². The predicted octanol–water partition coefficient (Wildman–Crippen LogP) is 1.91. The summed E-state index contributed by atoms with van der Waals surface area (Å²) in [5.74, 6) is -0.00902. The highest BCUT2D eigenvalue weighted by molar-refractivity contribution is 6.05. The van der Waals surface area contributed by atoms with Crippen molar-refractivity contribution < 1.29 is 24.8 Å². The van der Waals surface area contributed by atoms with E-state index in [1.165, 1.54) is 12.1 Å². The summed E-state index contributed by atoms with van der Waals surface area (Å²) >= 11 is 0. The highest BCUT2D eigenvalue weighted by Gasteiger charge is 2.16. The molecule has 3 aromatic rings. The zero-order valence-corrected chi connectivity index (χ0v) is 12.1. The standard InChI is InChI=1S/C16H17NO5/c17-5-3-1-2-4-9-6-14-15(16(20)21-9)10-7-11(18)12(19)8-13(10)22-14/h6-8,18-19H,1-5,17H2/p+1. The van der Waals surface area contributed by atoms with Crippen LogP contribution in [0.4, 0.5) is 0 Å². The molecule has 1 aromatic carbocycles. The minimum absolute atomic E-state index is 0.284. The molecule has 0 amide bonds. The minimum Gasteiger partial charge on any atom is -0.504 e. The third kappa shape index (κ3) is 2.53. The van der Waals surface area contributed by atoms with Crippen LogP contribution in [0.1, 0.15) is 25.0 Å². The summed E-state index contributed by atoms with van der Waals surface area (Å²) in [6, 6.07) is 4.30. The molecule has 6 heteroatoms. The first-order valence-electron chi connectivity index (χ1n) is 7.30. The normalized spacial score (nSPS) is 11.5. The van der Waals surface area contributed by atoms with Gasteiger partial charge in [0.2, 0.25) is 0 Å². The fraction of sp³-hybridized carbons (Fsp3) is 0.312. The van der Waals surface area contributed by atoms with Crippen LogP contribution in [-0.2, 0) is 6.42 Å². The van der Waals surface area contributed by atoms with Gasteiger partial charge in [0.15, 0.2) is 11.5 Å². The van der Waals surface area contributed by atoms with Crippen LogP contribution in [-0.4, -0.2) is 16.8 Å². The molecule has 5 N–H and O–H groups in total. The number of aryl methyl sites for hydroxylation is 1. The number of hydrogen-bond donors (Lipinski definition) is 3. The number of furan rings is 1. The van der Waals surface area contributed by atoms with E-state index in [0.717, 1.165) is 25.8 Å². The molecule has 0 spiro atoms. The van der Waals surface area contributed by atoms with Gasteiger partial charge in [0.25, 0.3) is 0 Å². The lowest BCUT2D eigenvalue weighted by Gasteiger charge is -1.99. The van der Waals surface area contributed by atoms with Gasteiger partial charge in [0.05, 0.1) is 6.54 Å². The molecule has 22 heavy (non-hydrogen) atoms. The van der Waals surface area contributed by atoms with Crippen LogP contribution in [0.15, 0.2) is 31.8 Å². The Kier molecular flexibility index (Phi) is 3.77. The van der Waals surface area contributed by atoms with Crippen LogP contribution in [0, 0.1) is 0 Å². The number of quaternary nitrogens is 1. The molecule has 2 heterocycles. The lowest BCUT2D eigenvalue weighted by atomic mass is 10.1. The fourth-order valence-electron chi connectivity index (χ4n) is 2.57. The Morgan fingerprint density at radius 3 is 2.50 bits per heavy atom. The molecule has 2 aromatic heterocycles. The zero-order chi connectivity index (χ0) is 15.7. The second kappa shape index (κ2) is 5.73. The second-order valence-electron chi connectivity index (χ2n) is 5.34. The summed E-state index contributed by atoms with van der Waals surface area (Å²) in [7, 11) is 0. The number of phenolic OH excluding ortho intramolecular Hbond substituents is 2. The first kappa shape index (κ1) is 14.5. The van der Waals surface area contributed by atoms with E-state index < -0.39 is 5.63 Å². The summed E-state index contributed by atoms with van der Waals surface area (Å²) < 4.78 is 10.9. The van der Waals surface area contributed by atoms with Gasteiger partial charge < -0.3 is 24.8 Å². The first-order valence-corrected chi connectivity index (χ1v) is 7.30. The maximum atomic E-state index is 12.2. The predicted molar refractivity (Wildman–Crippen MR) is 80.9 cm³/mol. The van der Waals surface area contributed by atoms with Gasteiger partial charge in [0.1, 0.15) is 22.3 Å². The van der Waals surface area contributed by atoms with Crippen molar-refractivity contribution in [2.24, 2.45) is 0 Å². The second-order valence-corrected chi connectivity index (χ2v) is 5.34. The maximum Gasteiger partial charge on any atom is 0.347 e. The van der Waals surface area contributed by atoms with Gasteiger partial charge in [0, 0.05) is 23.9 Å². The third-order valence-corrected chi connectivity index (χ3v) is 3.71. The maximum absolute atomic E-state index is 12.2. The molecule has 0 saturated carbocycles. The average molecular weight is 304 g/mol. The first-order chi connectivity index (χ1) is 10.6. The zero-order valence-electron chi connectivity index (χ0n) is 12.1. The van der Waals surface area contributed by atoms with Crippen molar-refractivity contribution in [3.05, 3.63) is 34.4 Å². The van der Waals surface area contributed by atoms with Gasteiger partial charge in [-0.2, -0.15) is 0 Å². The molecule has 0 aliphatic carbocycles. The summed E-state index contributed by atoms with van der Waals surface area (Å²) in [6.07, 6.45) is 3.67. The highest BCUT2D eigenvalue weighted by Crippen LogP contribution is 2.35. The molecule has 0 saturated heterocycles. The minimum atomic E-state index is -0.492. The van der Waals surface area contributed by atoms with Crippen LogP contribution in [0.25, 0.3) is 21.9 Å². The van der Waals surface area contributed by atoms with Gasteiger partial charge in [-0.25, -0.2) is 4.79 Å². The molecule has 6 nitrogen and oxygen atoms in total. The van der Waals surface area contributed by atoms with Crippen molar-refractivity contribution in [3.8, 4) is 11.5 Å². The smallest absolute Gasteiger partial charge is 0.347 e. The number of hydrogen-bond acceptors (Lipinski definition) is 5. The summed E-state index contributed by atoms with van der Waals surface area (Å²) in [4.78, 5) is 12.2. The number of aromatic hydroxyl groups is 2. The van der Waals surface area contributed by atoms with Crippen LogP contribution >= 0.6 is 0 Å². The van der Waals surface area contributed by atoms with Crippen molar-refractivity contribution >= 4 is 21.9 Å². The highest BCUT2D eigenvalue weighted by atomic mass is 16.4. The van der Waals surface area contributed by atoms with Gasteiger partial charge >= 0.3 is 5.63 Å². The SMILES string of the molecule is [NH3+]CCCCCc1cc2oc3cc(O)c(O)cc3c2c(=O)o1. The van der Waals surface area contributed by atoms with E-state index in [4.69, 9.17) is 8.83 Å². The number of benzene rings is 1. The summed E-state index contributed by atoms with van der Waals surface area (Å²) in [5, 5.41) is 19.8. The Morgan fingerprint density at radius 2 is 1.73 bits per heavy atom. The van der Waals surface area contributed by atoms with Crippen molar-refractivity contribution in [2.45, 2.75) is 25.7 Å². The molecule has 116 valence electrons. The fourth-order valence-corrected chi connectivity index (χ4v) is 2.57. The lowest BCUT2D eigenvalue weighted by Crippen LogP contribution is -2.50. The molecule has 0 bridgehead atoms. The van der Waals surface area contributed by atoms with Crippen LogP contribution in [0.5, 0.6) is 11.5 Å². The average Bonchev–Trinajstić information content (AvgIpc) is 2.82. The van der Waals surface area contributed by atoms with Gasteiger partial charge in [-0.05, 0) is 25.3 Å². The molecule has 0 aliphatic rings. The van der Waals surface area contributed by atoms with E-state index in [-0.39, 0.29) is 16.9 Å². The van der Waals surface area contributed by atoms with Gasteiger partial charge in [-0.3, -0.25) is 0 Å². The topological polar surface area (TPSA) is 111 Å². The lowest BCUT2D eigenvalue weighted by molar-refractivity contribution is -0.368. The molecule has 0 radical (unpaired) electrons. The number of fused-ring (bicyclic) bond motifs is 3. The van der Waals surface area contributed by atoms with Crippen LogP contribution in [0.2, 0.25) is 0 Å². The Labute approximate surface area is 125 Å². The van der Waals surface area contributed by atoms with Gasteiger partial charge in [-0.1, -0.05) is 0 Å². The Morgan fingerprint density at radius 1 is 0.955 bits per heavy atom. The largest absolute Gasteiger partial charge is 0.504 e. The molecule has 0 unspecified atom stereocenters. The summed E-state index contributed by atoms with van der Waals surface area (Å²) in [5.41, 5.74) is 4.05. The molecule has 0 fully saturated rings. The molecule has 0 aliphatic heterocycles. The van der Waals surface area contributed by atoms with E-state index >= 15 is 0 Å². The molecular weight excluding hydrogens is 286 g/mol. The molecule has 3 rings (SSSR count). The molecule has 0 atom stereocenters. The Hall–Kier alpha value is -2.47. The monoisotopic (exact) mass is 304 g/mol. The van der Waals surface area contributed by atoms with E-state index in [1.54, 1.807) is 6.07 Å². The third-order valence-electron chi connectivity index (χ3n) is 3.71. The van der Waals surface area contributed by atoms with Crippen molar-refractivity contribution in [1.29, 1.82) is 0 Å². The molecular formula is C16H18NO5+. The van der Waals surface area contributed by atoms with Crippen molar-refractivity contribution in [1.82, 2.24) is 0 Å². The van der Waals surface area contributed by atoms with Gasteiger partial charge in [-0.15, -0.1) is 0 Å². The van der Waals surface area contributed by atoms with Crippen molar-refractivity contribution in [2.75, 3.05) is 6.54 Å². The summed E-state index contributed by atoms with van der Waals surface area (Å²) in [6.45, 7) is 0.902. The van der Waals surface area contributed by atoms with E-state index in [9.17, 15) is 15.0 Å². The van der Waals surface area contributed by atoms with E-state index in [0.29, 0.717) is 28.7 Å².